The second-order valence-corrected chi connectivity index (χ2v) is 6.94. The SMILES string of the molecule is O=C(c1cccc(Cl)c1)N1CCN2C(=O)[C@@H]3CCCN3C(=O)[C@H]2C1. The van der Waals surface area contributed by atoms with Gasteiger partial charge >= 0.3 is 0 Å². The normalized spacial score (nSPS) is 26.5. The summed E-state index contributed by atoms with van der Waals surface area (Å²) in [6.07, 6.45) is 1.62. The monoisotopic (exact) mass is 347 g/mol. The van der Waals surface area contributed by atoms with E-state index in [1.165, 1.54) is 0 Å². The van der Waals surface area contributed by atoms with Crippen LogP contribution in [0.15, 0.2) is 24.3 Å². The standard InChI is InChI=1S/C17H18ClN3O3/c18-12-4-1-3-11(9-12)15(22)19-7-8-21-14(10-19)17(24)20-6-2-5-13(20)16(21)23/h1,3-4,9,13-14H,2,5-8,10H2/t13-,14+/m0/s1. The molecular formula is C17H18ClN3O3. The van der Waals surface area contributed by atoms with Crippen molar-refractivity contribution in [3.05, 3.63) is 34.9 Å². The first kappa shape index (κ1) is 15.4. The van der Waals surface area contributed by atoms with Gasteiger partial charge in [-0.25, -0.2) is 0 Å². The van der Waals surface area contributed by atoms with Gasteiger partial charge in [-0.3, -0.25) is 14.4 Å². The summed E-state index contributed by atoms with van der Waals surface area (Å²) in [7, 11) is 0. The molecule has 0 N–H and O–H groups in total. The van der Waals surface area contributed by atoms with Crippen LogP contribution in [0.3, 0.4) is 0 Å². The van der Waals surface area contributed by atoms with Crippen LogP contribution in [0.2, 0.25) is 5.02 Å². The molecule has 3 aliphatic heterocycles. The van der Waals surface area contributed by atoms with Crippen molar-refractivity contribution in [2.45, 2.75) is 24.9 Å². The van der Waals surface area contributed by atoms with Crippen LogP contribution in [0, 0.1) is 0 Å². The average Bonchev–Trinajstić information content (AvgIpc) is 3.09. The lowest BCUT2D eigenvalue weighted by Crippen LogP contribution is -2.69. The third-order valence-electron chi connectivity index (χ3n) is 5.13. The molecule has 24 heavy (non-hydrogen) atoms. The molecule has 1 aromatic rings. The topological polar surface area (TPSA) is 60.9 Å². The van der Waals surface area contributed by atoms with Crippen LogP contribution < -0.4 is 0 Å². The first-order chi connectivity index (χ1) is 11.6. The van der Waals surface area contributed by atoms with Gasteiger partial charge in [-0.1, -0.05) is 17.7 Å². The minimum absolute atomic E-state index is 0.0271. The Labute approximate surface area is 144 Å². The van der Waals surface area contributed by atoms with Crippen LogP contribution in [0.4, 0.5) is 0 Å². The highest BCUT2D eigenvalue weighted by Gasteiger charge is 2.49. The van der Waals surface area contributed by atoms with Gasteiger partial charge in [0.2, 0.25) is 11.8 Å². The van der Waals surface area contributed by atoms with Crippen LogP contribution >= 0.6 is 11.6 Å². The molecule has 3 aliphatic rings. The zero-order valence-corrected chi connectivity index (χ0v) is 13.9. The number of halogens is 1. The lowest BCUT2D eigenvalue weighted by Gasteiger charge is -2.47. The lowest BCUT2D eigenvalue weighted by atomic mass is 10.0. The third-order valence-corrected chi connectivity index (χ3v) is 5.36. The molecular weight excluding hydrogens is 330 g/mol. The number of benzene rings is 1. The molecule has 126 valence electrons. The van der Waals surface area contributed by atoms with Gasteiger partial charge in [0, 0.05) is 30.2 Å². The zero-order valence-electron chi connectivity index (χ0n) is 13.2. The summed E-state index contributed by atoms with van der Waals surface area (Å²) in [5.74, 6) is -0.145. The quantitative estimate of drug-likeness (QED) is 0.761. The Morgan fingerprint density at radius 1 is 1.04 bits per heavy atom. The summed E-state index contributed by atoms with van der Waals surface area (Å²) in [5.41, 5.74) is 0.504. The first-order valence-electron chi connectivity index (χ1n) is 8.22. The van der Waals surface area contributed by atoms with Gasteiger partial charge in [0.15, 0.2) is 0 Å². The Morgan fingerprint density at radius 3 is 2.58 bits per heavy atom. The number of carbonyl (C=O) groups is 3. The Kier molecular flexibility index (Phi) is 3.72. The Hall–Kier alpha value is -2.08. The molecule has 3 fully saturated rings. The minimum atomic E-state index is -0.552. The van der Waals surface area contributed by atoms with E-state index in [1.54, 1.807) is 39.0 Å². The van der Waals surface area contributed by atoms with Gasteiger partial charge in [0.05, 0.1) is 6.54 Å². The number of hydrogen-bond acceptors (Lipinski definition) is 3. The molecule has 3 saturated heterocycles. The predicted molar refractivity (Wildman–Crippen MR) is 87.6 cm³/mol. The highest BCUT2D eigenvalue weighted by Crippen LogP contribution is 2.29. The number of rotatable bonds is 1. The van der Waals surface area contributed by atoms with E-state index in [-0.39, 0.29) is 30.3 Å². The van der Waals surface area contributed by atoms with Crippen molar-refractivity contribution in [1.82, 2.24) is 14.7 Å². The number of fused-ring (bicyclic) bond motifs is 2. The van der Waals surface area contributed by atoms with Crippen molar-refractivity contribution in [3.63, 3.8) is 0 Å². The summed E-state index contributed by atoms with van der Waals surface area (Å²) < 4.78 is 0. The number of nitrogens with zero attached hydrogens (tertiary/aromatic N) is 3. The fraction of sp³-hybridized carbons (Fsp3) is 0.471. The molecule has 0 spiro atoms. The second kappa shape index (κ2) is 5.77. The number of amides is 3. The molecule has 0 aliphatic carbocycles. The van der Waals surface area contributed by atoms with E-state index in [2.05, 4.69) is 0 Å². The van der Waals surface area contributed by atoms with E-state index >= 15 is 0 Å². The molecule has 1 aromatic carbocycles. The van der Waals surface area contributed by atoms with Gasteiger partial charge in [0.25, 0.3) is 5.91 Å². The predicted octanol–water partition coefficient (Wildman–Crippen LogP) is 0.998. The molecule has 0 saturated carbocycles. The summed E-state index contributed by atoms with van der Waals surface area (Å²) in [6.45, 7) is 1.74. The van der Waals surface area contributed by atoms with Gasteiger partial charge < -0.3 is 14.7 Å². The van der Waals surface area contributed by atoms with Crippen molar-refractivity contribution in [3.8, 4) is 0 Å². The molecule has 6 nitrogen and oxygen atoms in total. The average molecular weight is 348 g/mol. The van der Waals surface area contributed by atoms with E-state index < -0.39 is 6.04 Å². The van der Waals surface area contributed by atoms with Gasteiger partial charge in [-0.05, 0) is 31.0 Å². The summed E-state index contributed by atoms with van der Waals surface area (Å²) in [6, 6.07) is 5.95. The number of piperazine rings is 2. The van der Waals surface area contributed by atoms with Crippen LogP contribution in [0.1, 0.15) is 23.2 Å². The maximum atomic E-state index is 12.7. The molecule has 0 bridgehead atoms. The summed E-state index contributed by atoms with van der Waals surface area (Å²) in [5, 5.41) is 0.503. The Balaban J connectivity index is 1.55. The van der Waals surface area contributed by atoms with Crippen LogP contribution in [-0.4, -0.2) is 70.7 Å². The van der Waals surface area contributed by atoms with Crippen molar-refractivity contribution < 1.29 is 14.4 Å². The number of carbonyl (C=O) groups excluding carboxylic acids is 3. The Bertz CT molecular complexity index is 723. The highest BCUT2D eigenvalue weighted by molar-refractivity contribution is 6.30. The van der Waals surface area contributed by atoms with E-state index in [0.717, 1.165) is 12.8 Å². The molecule has 7 heteroatoms. The molecule has 2 atom stereocenters. The molecule has 3 heterocycles. The van der Waals surface area contributed by atoms with Gasteiger partial charge in [0.1, 0.15) is 12.1 Å². The zero-order chi connectivity index (χ0) is 16.8. The maximum Gasteiger partial charge on any atom is 0.254 e. The van der Waals surface area contributed by atoms with E-state index in [4.69, 9.17) is 11.6 Å². The summed E-state index contributed by atoms with van der Waals surface area (Å²) >= 11 is 5.96. The van der Waals surface area contributed by atoms with E-state index in [9.17, 15) is 14.4 Å². The first-order valence-corrected chi connectivity index (χ1v) is 8.60. The van der Waals surface area contributed by atoms with Crippen LogP contribution in [0.25, 0.3) is 0 Å². The maximum absolute atomic E-state index is 12.7. The molecule has 0 unspecified atom stereocenters. The smallest absolute Gasteiger partial charge is 0.254 e. The van der Waals surface area contributed by atoms with Crippen molar-refractivity contribution >= 4 is 29.3 Å². The fourth-order valence-corrected chi connectivity index (χ4v) is 4.11. The third kappa shape index (κ3) is 2.36. The highest BCUT2D eigenvalue weighted by atomic mass is 35.5. The van der Waals surface area contributed by atoms with Crippen LogP contribution in [0.5, 0.6) is 0 Å². The molecule has 4 rings (SSSR count). The summed E-state index contributed by atoms with van der Waals surface area (Å²) in [4.78, 5) is 43.0. The molecule has 0 radical (unpaired) electrons. The number of hydrogen-bond donors (Lipinski definition) is 0. The molecule has 3 amide bonds. The van der Waals surface area contributed by atoms with Crippen LogP contribution in [-0.2, 0) is 9.59 Å². The van der Waals surface area contributed by atoms with E-state index in [0.29, 0.717) is 30.2 Å². The lowest BCUT2D eigenvalue weighted by molar-refractivity contribution is -0.162. The van der Waals surface area contributed by atoms with E-state index in [1.807, 2.05) is 0 Å². The van der Waals surface area contributed by atoms with Gasteiger partial charge in [-0.15, -0.1) is 0 Å². The largest absolute Gasteiger partial charge is 0.334 e. The van der Waals surface area contributed by atoms with Gasteiger partial charge in [-0.2, -0.15) is 0 Å². The minimum Gasteiger partial charge on any atom is -0.334 e. The van der Waals surface area contributed by atoms with Crippen molar-refractivity contribution in [2.75, 3.05) is 26.2 Å². The fourth-order valence-electron chi connectivity index (χ4n) is 3.92. The Morgan fingerprint density at radius 2 is 1.79 bits per heavy atom. The van der Waals surface area contributed by atoms with Crippen molar-refractivity contribution in [1.29, 1.82) is 0 Å². The second-order valence-electron chi connectivity index (χ2n) is 6.50. The van der Waals surface area contributed by atoms with Crippen molar-refractivity contribution in [2.24, 2.45) is 0 Å². The molecule has 0 aromatic heterocycles.